The summed E-state index contributed by atoms with van der Waals surface area (Å²) in [6, 6.07) is 8.64. The van der Waals surface area contributed by atoms with Gasteiger partial charge in [-0.3, -0.25) is 0 Å². The lowest BCUT2D eigenvalue weighted by atomic mass is 9.92. The fraction of sp³-hybridized carbons (Fsp3) is 0.200. The first-order valence-corrected chi connectivity index (χ1v) is 7.46. The van der Waals surface area contributed by atoms with Crippen LogP contribution in [0.1, 0.15) is 28.3 Å². The van der Waals surface area contributed by atoms with Crippen LogP contribution < -0.4 is 5.73 Å². The molecule has 0 heterocycles. The molecule has 1 atom stereocenters. The maximum Gasteiger partial charge on any atom is 0.123 e. The third-order valence-corrected chi connectivity index (χ3v) is 4.38. The molecule has 2 N–H and O–H groups in total. The monoisotopic (exact) mass is 385 g/mol. The van der Waals surface area contributed by atoms with E-state index in [0.717, 1.165) is 31.2 Å². The average Bonchev–Trinajstić information content (AvgIpc) is 2.30. The molecule has 0 bridgehead atoms. The van der Waals surface area contributed by atoms with Gasteiger partial charge in [-0.1, -0.05) is 31.9 Å². The van der Waals surface area contributed by atoms with Crippen molar-refractivity contribution in [3.8, 4) is 0 Å². The van der Waals surface area contributed by atoms with Crippen molar-refractivity contribution < 1.29 is 4.39 Å². The molecule has 0 spiro atoms. The summed E-state index contributed by atoms with van der Waals surface area (Å²) < 4.78 is 15.3. The van der Waals surface area contributed by atoms with Gasteiger partial charge in [0.15, 0.2) is 0 Å². The molecule has 2 aromatic carbocycles. The van der Waals surface area contributed by atoms with E-state index < -0.39 is 0 Å². The average molecular weight is 387 g/mol. The van der Waals surface area contributed by atoms with E-state index in [1.165, 1.54) is 12.1 Å². The fourth-order valence-electron chi connectivity index (χ4n) is 2.32. The Bertz CT molecular complexity index is 603. The minimum atomic E-state index is -0.285. The third-order valence-electron chi connectivity index (χ3n) is 3.16. The second-order valence-corrected chi connectivity index (χ2v) is 6.37. The van der Waals surface area contributed by atoms with Crippen LogP contribution in [0.3, 0.4) is 0 Å². The largest absolute Gasteiger partial charge is 0.320 e. The third kappa shape index (κ3) is 3.07. The lowest BCUT2D eigenvalue weighted by Gasteiger charge is -2.19. The zero-order valence-electron chi connectivity index (χ0n) is 10.7. The molecule has 0 fully saturated rings. The summed E-state index contributed by atoms with van der Waals surface area (Å²) in [5.41, 5.74) is 10.1. The standard InChI is InChI=1S/C15H14Br2FN/c1-8-5-11(18)6-9(2)14(8)15(19)12-7-10(16)3-4-13(12)17/h3-7,15H,19H2,1-2H3. The molecule has 0 saturated carbocycles. The first-order chi connectivity index (χ1) is 8.90. The summed E-state index contributed by atoms with van der Waals surface area (Å²) in [6.45, 7) is 3.77. The molecule has 2 rings (SSSR count). The lowest BCUT2D eigenvalue weighted by molar-refractivity contribution is 0.623. The van der Waals surface area contributed by atoms with Crippen molar-refractivity contribution in [2.24, 2.45) is 5.73 Å². The molecule has 0 radical (unpaired) electrons. The van der Waals surface area contributed by atoms with E-state index in [-0.39, 0.29) is 11.9 Å². The highest BCUT2D eigenvalue weighted by Crippen LogP contribution is 2.32. The highest BCUT2D eigenvalue weighted by atomic mass is 79.9. The van der Waals surface area contributed by atoms with Crippen molar-refractivity contribution >= 4 is 31.9 Å². The highest BCUT2D eigenvalue weighted by Gasteiger charge is 2.17. The topological polar surface area (TPSA) is 26.0 Å². The fourth-order valence-corrected chi connectivity index (χ4v) is 3.19. The Hall–Kier alpha value is -0.710. The molecular weight excluding hydrogens is 373 g/mol. The van der Waals surface area contributed by atoms with Crippen molar-refractivity contribution in [2.45, 2.75) is 19.9 Å². The maximum atomic E-state index is 13.4. The van der Waals surface area contributed by atoms with Crippen LogP contribution in [-0.4, -0.2) is 0 Å². The van der Waals surface area contributed by atoms with Gasteiger partial charge >= 0.3 is 0 Å². The van der Waals surface area contributed by atoms with Gasteiger partial charge in [-0.2, -0.15) is 0 Å². The van der Waals surface area contributed by atoms with Gasteiger partial charge in [0.25, 0.3) is 0 Å². The van der Waals surface area contributed by atoms with E-state index >= 15 is 0 Å². The summed E-state index contributed by atoms with van der Waals surface area (Å²) in [7, 11) is 0. The molecule has 0 amide bonds. The lowest BCUT2D eigenvalue weighted by Crippen LogP contribution is -2.15. The molecule has 0 aromatic heterocycles. The molecule has 1 nitrogen and oxygen atoms in total. The number of halogens is 3. The first kappa shape index (κ1) is 14.7. The van der Waals surface area contributed by atoms with Gasteiger partial charge in [0.1, 0.15) is 5.82 Å². The maximum absolute atomic E-state index is 13.4. The number of hydrogen-bond acceptors (Lipinski definition) is 1. The van der Waals surface area contributed by atoms with Crippen molar-refractivity contribution in [2.75, 3.05) is 0 Å². The van der Waals surface area contributed by atoms with E-state index in [1.54, 1.807) is 0 Å². The number of benzene rings is 2. The van der Waals surface area contributed by atoms with E-state index in [2.05, 4.69) is 31.9 Å². The Morgan fingerprint density at radius 2 is 1.63 bits per heavy atom. The first-order valence-electron chi connectivity index (χ1n) is 5.87. The van der Waals surface area contributed by atoms with Crippen LogP contribution >= 0.6 is 31.9 Å². The number of hydrogen-bond donors (Lipinski definition) is 1. The summed E-state index contributed by atoms with van der Waals surface area (Å²) in [6.07, 6.45) is 0. The molecule has 19 heavy (non-hydrogen) atoms. The van der Waals surface area contributed by atoms with Crippen molar-refractivity contribution in [1.29, 1.82) is 0 Å². The predicted molar refractivity (Wildman–Crippen MR) is 83.7 cm³/mol. The summed E-state index contributed by atoms with van der Waals surface area (Å²) in [5, 5.41) is 0. The molecule has 0 saturated heterocycles. The van der Waals surface area contributed by atoms with Crippen molar-refractivity contribution in [3.05, 3.63) is 67.3 Å². The van der Waals surface area contributed by atoms with E-state index in [9.17, 15) is 4.39 Å². The molecule has 0 aliphatic rings. The van der Waals surface area contributed by atoms with Gasteiger partial charge in [0, 0.05) is 8.95 Å². The molecule has 100 valence electrons. The number of nitrogens with two attached hydrogens (primary N) is 1. The smallest absolute Gasteiger partial charge is 0.123 e. The highest BCUT2D eigenvalue weighted by molar-refractivity contribution is 9.11. The summed E-state index contributed by atoms with van der Waals surface area (Å²) in [5.74, 6) is -0.223. The van der Waals surface area contributed by atoms with Crippen LogP contribution in [0.2, 0.25) is 0 Å². The van der Waals surface area contributed by atoms with Crippen molar-refractivity contribution in [1.82, 2.24) is 0 Å². The molecule has 4 heteroatoms. The molecule has 1 unspecified atom stereocenters. The van der Waals surface area contributed by atoms with Gasteiger partial charge < -0.3 is 5.73 Å². The van der Waals surface area contributed by atoms with Gasteiger partial charge in [-0.05, 0) is 66.4 Å². The molecular formula is C15H14Br2FN. The second-order valence-electron chi connectivity index (χ2n) is 4.60. The number of rotatable bonds is 2. The van der Waals surface area contributed by atoms with Crippen LogP contribution in [0.25, 0.3) is 0 Å². The zero-order valence-corrected chi connectivity index (χ0v) is 13.8. The van der Waals surface area contributed by atoms with Crippen LogP contribution in [0, 0.1) is 19.7 Å². The summed E-state index contributed by atoms with van der Waals surface area (Å²) >= 11 is 6.97. The zero-order chi connectivity index (χ0) is 14.2. The SMILES string of the molecule is Cc1cc(F)cc(C)c1C(N)c1cc(Br)ccc1Br. The van der Waals surface area contributed by atoms with E-state index in [1.807, 2.05) is 32.0 Å². The summed E-state index contributed by atoms with van der Waals surface area (Å²) in [4.78, 5) is 0. The minimum Gasteiger partial charge on any atom is -0.320 e. The van der Waals surface area contributed by atoms with Crippen molar-refractivity contribution in [3.63, 3.8) is 0 Å². The Morgan fingerprint density at radius 1 is 1.05 bits per heavy atom. The van der Waals surface area contributed by atoms with Crippen LogP contribution in [0.4, 0.5) is 4.39 Å². The Balaban J connectivity index is 2.56. The van der Waals surface area contributed by atoms with Crippen LogP contribution in [0.15, 0.2) is 39.3 Å². The molecule has 0 aliphatic heterocycles. The minimum absolute atomic E-state index is 0.223. The number of aryl methyl sites for hydroxylation is 2. The Kier molecular flexibility index (Phi) is 4.43. The van der Waals surface area contributed by atoms with E-state index in [0.29, 0.717) is 0 Å². The predicted octanol–water partition coefficient (Wildman–Crippen LogP) is 5.02. The van der Waals surface area contributed by atoms with Gasteiger partial charge in [-0.15, -0.1) is 0 Å². The van der Waals surface area contributed by atoms with Crippen LogP contribution in [0.5, 0.6) is 0 Å². The van der Waals surface area contributed by atoms with E-state index in [4.69, 9.17) is 5.73 Å². The molecule has 2 aromatic rings. The Labute approximate surface area is 129 Å². The van der Waals surface area contributed by atoms with Crippen LogP contribution in [-0.2, 0) is 0 Å². The second kappa shape index (κ2) is 5.73. The normalized spacial score (nSPS) is 12.5. The quantitative estimate of drug-likeness (QED) is 0.770. The Morgan fingerprint density at radius 3 is 2.21 bits per heavy atom. The van der Waals surface area contributed by atoms with Gasteiger partial charge in [-0.25, -0.2) is 4.39 Å². The molecule has 0 aliphatic carbocycles. The van der Waals surface area contributed by atoms with Gasteiger partial charge in [0.05, 0.1) is 6.04 Å². The van der Waals surface area contributed by atoms with Gasteiger partial charge in [0.2, 0.25) is 0 Å².